The molecule has 2 nitrogen and oxygen atoms in total. The molecule has 15 heavy (non-hydrogen) atoms. The van der Waals surface area contributed by atoms with Gasteiger partial charge in [-0.05, 0) is 23.8 Å². The quantitative estimate of drug-likeness (QED) is 0.759. The Bertz CT molecular complexity index is 345. The van der Waals surface area contributed by atoms with Crippen molar-refractivity contribution in [3.8, 4) is 0 Å². The van der Waals surface area contributed by atoms with Crippen LogP contribution in [-0.2, 0) is 6.18 Å². The number of aromatic nitrogens is 2. The lowest BCUT2D eigenvalue weighted by Crippen LogP contribution is -2.10. The van der Waals surface area contributed by atoms with Crippen molar-refractivity contribution in [3.63, 3.8) is 0 Å². The second-order valence-electron chi connectivity index (χ2n) is 3.85. The van der Waals surface area contributed by atoms with E-state index in [9.17, 15) is 13.2 Å². The summed E-state index contributed by atoms with van der Waals surface area (Å²) in [6.07, 6.45) is 0.273. The summed E-state index contributed by atoms with van der Waals surface area (Å²) in [7, 11) is 0. The molecule has 0 aromatic carbocycles. The summed E-state index contributed by atoms with van der Waals surface area (Å²) in [6, 6.07) is 0. The van der Waals surface area contributed by atoms with Crippen LogP contribution >= 0.6 is 0 Å². The molecule has 82 valence electrons. The summed E-state index contributed by atoms with van der Waals surface area (Å²) in [5, 5.41) is 0. The van der Waals surface area contributed by atoms with E-state index in [-0.39, 0.29) is 0 Å². The van der Waals surface area contributed by atoms with E-state index in [4.69, 9.17) is 0 Å². The van der Waals surface area contributed by atoms with E-state index in [1.807, 2.05) is 0 Å². The third kappa shape index (κ3) is 2.11. The van der Waals surface area contributed by atoms with Crippen molar-refractivity contribution in [1.29, 1.82) is 0 Å². The predicted molar refractivity (Wildman–Crippen MR) is 48.2 cm³/mol. The molecule has 1 heterocycles. The van der Waals surface area contributed by atoms with Crippen LogP contribution in [0.4, 0.5) is 13.2 Å². The highest BCUT2D eigenvalue weighted by molar-refractivity contribution is 5.20. The second kappa shape index (κ2) is 3.47. The van der Waals surface area contributed by atoms with E-state index in [2.05, 4.69) is 16.9 Å². The Hall–Kier alpha value is -1.13. The Kier molecular flexibility index (Phi) is 2.40. The third-order valence-corrected chi connectivity index (χ3v) is 2.80. The fourth-order valence-corrected chi connectivity index (χ4v) is 1.78. The molecule has 1 aliphatic rings. The lowest BCUT2D eigenvalue weighted by atomic mass is 10.1. The summed E-state index contributed by atoms with van der Waals surface area (Å²) in [5.74, 6) is -0.0810. The van der Waals surface area contributed by atoms with Crippen molar-refractivity contribution in [1.82, 2.24) is 9.97 Å². The first kappa shape index (κ1) is 10.4. The van der Waals surface area contributed by atoms with Crippen LogP contribution in [0.1, 0.15) is 37.1 Å². The minimum absolute atomic E-state index is 0.372. The van der Waals surface area contributed by atoms with Crippen LogP contribution in [0.15, 0.2) is 12.4 Å². The first-order valence-corrected chi connectivity index (χ1v) is 4.91. The molecule has 2 rings (SSSR count). The van der Waals surface area contributed by atoms with Gasteiger partial charge >= 0.3 is 6.18 Å². The van der Waals surface area contributed by atoms with E-state index >= 15 is 0 Å². The molecule has 0 unspecified atom stereocenters. The van der Waals surface area contributed by atoms with Crippen LogP contribution in [0.2, 0.25) is 0 Å². The van der Waals surface area contributed by atoms with Gasteiger partial charge in [-0.1, -0.05) is 13.3 Å². The summed E-state index contributed by atoms with van der Waals surface area (Å²) in [5.41, 5.74) is 0.829. The van der Waals surface area contributed by atoms with Crippen LogP contribution in [0, 0.1) is 5.92 Å². The zero-order valence-corrected chi connectivity index (χ0v) is 8.25. The molecule has 1 aliphatic carbocycles. The normalized spacial score (nSPS) is 25.3. The molecule has 0 N–H and O–H groups in total. The van der Waals surface area contributed by atoms with Crippen molar-refractivity contribution in [2.45, 2.75) is 31.9 Å². The van der Waals surface area contributed by atoms with E-state index in [1.54, 1.807) is 0 Å². The third-order valence-electron chi connectivity index (χ3n) is 2.80. The maximum atomic E-state index is 12.2. The Morgan fingerprint density at radius 1 is 1.33 bits per heavy atom. The number of alkyl halides is 3. The highest BCUT2D eigenvalue weighted by Gasteiger charge is 2.38. The first-order valence-electron chi connectivity index (χ1n) is 4.91. The Morgan fingerprint density at radius 3 is 2.33 bits per heavy atom. The number of rotatable bonds is 2. The van der Waals surface area contributed by atoms with Gasteiger partial charge in [0.1, 0.15) is 0 Å². The van der Waals surface area contributed by atoms with Crippen LogP contribution in [0.3, 0.4) is 0 Å². The highest BCUT2D eigenvalue weighted by atomic mass is 19.4. The molecule has 0 aliphatic heterocycles. The van der Waals surface area contributed by atoms with E-state index in [0.29, 0.717) is 11.8 Å². The molecule has 1 aromatic heterocycles. The molecule has 0 spiro atoms. The maximum absolute atomic E-state index is 12.2. The highest BCUT2D eigenvalue weighted by Crippen LogP contribution is 2.49. The summed E-state index contributed by atoms with van der Waals surface area (Å²) in [4.78, 5) is 6.69. The van der Waals surface area contributed by atoms with Crippen LogP contribution in [0.25, 0.3) is 0 Å². The van der Waals surface area contributed by atoms with Crippen molar-refractivity contribution < 1.29 is 13.2 Å². The van der Waals surface area contributed by atoms with Crippen LogP contribution in [-0.4, -0.2) is 9.97 Å². The van der Waals surface area contributed by atoms with E-state index < -0.39 is 12.0 Å². The minimum atomic E-state index is -4.44. The molecular weight excluding hydrogens is 205 g/mol. The summed E-state index contributed by atoms with van der Waals surface area (Å²) in [6.45, 7) is 2.08. The van der Waals surface area contributed by atoms with Crippen molar-refractivity contribution in [2.24, 2.45) is 5.92 Å². The zero-order valence-electron chi connectivity index (χ0n) is 8.25. The van der Waals surface area contributed by atoms with Crippen molar-refractivity contribution in [3.05, 3.63) is 23.8 Å². The van der Waals surface area contributed by atoms with Crippen molar-refractivity contribution in [2.75, 3.05) is 0 Å². The monoisotopic (exact) mass is 216 g/mol. The summed E-state index contributed by atoms with van der Waals surface area (Å²) < 4.78 is 36.5. The SMILES string of the molecule is CC[C@H]1C[C@@H]1c1cnc(C(F)(F)F)nc1. The van der Waals surface area contributed by atoms with Gasteiger partial charge in [0.15, 0.2) is 0 Å². The molecule has 0 radical (unpaired) electrons. The first-order chi connectivity index (χ1) is 7.02. The van der Waals surface area contributed by atoms with Gasteiger partial charge in [-0.2, -0.15) is 13.2 Å². The van der Waals surface area contributed by atoms with Gasteiger partial charge in [-0.25, -0.2) is 9.97 Å². The van der Waals surface area contributed by atoms with Gasteiger partial charge in [-0.15, -0.1) is 0 Å². The average Bonchev–Trinajstić information content (AvgIpc) is 2.95. The smallest absolute Gasteiger partial charge is 0.233 e. The lowest BCUT2D eigenvalue weighted by molar-refractivity contribution is -0.145. The molecule has 0 amide bonds. The molecule has 1 fully saturated rings. The standard InChI is InChI=1S/C10H11F3N2/c1-2-6-3-8(6)7-4-14-9(15-5-7)10(11,12)13/h4-6,8H,2-3H2,1H3/t6-,8-/m0/s1. The molecule has 0 bridgehead atoms. The van der Waals surface area contributed by atoms with E-state index in [1.165, 1.54) is 12.4 Å². The number of nitrogens with zero attached hydrogens (tertiary/aromatic N) is 2. The van der Waals surface area contributed by atoms with Crippen LogP contribution < -0.4 is 0 Å². The van der Waals surface area contributed by atoms with E-state index in [0.717, 1.165) is 18.4 Å². The Balaban J connectivity index is 2.12. The number of halogens is 3. The molecule has 1 saturated carbocycles. The van der Waals surface area contributed by atoms with Crippen LogP contribution in [0.5, 0.6) is 0 Å². The van der Waals surface area contributed by atoms with Crippen molar-refractivity contribution >= 4 is 0 Å². The van der Waals surface area contributed by atoms with Gasteiger partial charge < -0.3 is 0 Å². The van der Waals surface area contributed by atoms with Gasteiger partial charge in [0.25, 0.3) is 0 Å². The van der Waals surface area contributed by atoms with Gasteiger partial charge in [0, 0.05) is 12.4 Å². The largest absolute Gasteiger partial charge is 0.451 e. The Labute approximate surface area is 85.6 Å². The molecule has 1 aromatic rings. The summed E-state index contributed by atoms with van der Waals surface area (Å²) >= 11 is 0. The maximum Gasteiger partial charge on any atom is 0.451 e. The Morgan fingerprint density at radius 2 is 1.93 bits per heavy atom. The lowest BCUT2D eigenvalue weighted by Gasteiger charge is -2.04. The average molecular weight is 216 g/mol. The number of hydrogen-bond acceptors (Lipinski definition) is 2. The molecule has 5 heteroatoms. The fourth-order valence-electron chi connectivity index (χ4n) is 1.78. The number of hydrogen-bond donors (Lipinski definition) is 0. The second-order valence-corrected chi connectivity index (χ2v) is 3.85. The molecule has 2 atom stereocenters. The molecular formula is C10H11F3N2. The van der Waals surface area contributed by atoms with Gasteiger partial charge in [-0.3, -0.25) is 0 Å². The minimum Gasteiger partial charge on any atom is -0.233 e. The van der Waals surface area contributed by atoms with Gasteiger partial charge in [0.05, 0.1) is 0 Å². The zero-order chi connectivity index (χ0) is 11.1. The van der Waals surface area contributed by atoms with Gasteiger partial charge in [0.2, 0.25) is 5.82 Å². The fraction of sp³-hybridized carbons (Fsp3) is 0.600. The molecule has 0 saturated heterocycles. The topological polar surface area (TPSA) is 25.8 Å². The predicted octanol–water partition coefficient (Wildman–Crippen LogP) is 3.01.